The molecule has 1 aliphatic rings. The summed E-state index contributed by atoms with van der Waals surface area (Å²) in [4.78, 5) is 44.7. The van der Waals surface area contributed by atoms with Gasteiger partial charge in [0, 0.05) is 6.54 Å². The van der Waals surface area contributed by atoms with Crippen molar-refractivity contribution in [1.29, 1.82) is 0 Å². The Morgan fingerprint density at radius 1 is 1.13 bits per heavy atom. The molecular weight excluding hydrogens is 407 g/mol. The fourth-order valence-electron chi connectivity index (χ4n) is 3.56. The van der Waals surface area contributed by atoms with Crippen molar-refractivity contribution in [2.45, 2.75) is 90.0 Å². The first-order valence-electron chi connectivity index (χ1n) is 11.2. The molecule has 9 nitrogen and oxygen atoms in total. The molecule has 1 heterocycles. The molecule has 3 atom stereocenters. The normalized spacial score (nSPS) is 22.2. The van der Waals surface area contributed by atoms with E-state index >= 15 is 0 Å². The zero-order valence-corrected chi connectivity index (χ0v) is 19.5. The topological polar surface area (TPSA) is 140 Å². The van der Waals surface area contributed by atoms with E-state index in [2.05, 4.69) is 21.3 Å². The molecule has 10 heteroatoms. The molecule has 30 heavy (non-hydrogen) atoms. The highest BCUT2D eigenvalue weighted by molar-refractivity contribution is 7.52. The van der Waals surface area contributed by atoms with Gasteiger partial charge >= 0.3 is 7.60 Å². The summed E-state index contributed by atoms with van der Waals surface area (Å²) in [6.07, 6.45) is 5.87. The van der Waals surface area contributed by atoms with E-state index in [9.17, 15) is 23.9 Å². The molecule has 0 spiro atoms. The maximum Gasteiger partial charge on any atom is 0.342 e. The van der Waals surface area contributed by atoms with E-state index in [-0.39, 0.29) is 18.2 Å². The predicted molar refractivity (Wildman–Crippen MR) is 118 cm³/mol. The Morgan fingerprint density at radius 3 is 2.37 bits per heavy atom. The average molecular weight is 449 g/mol. The summed E-state index contributed by atoms with van der Waals surface area (Å²) in [6, 6.07) is -1.42. The summed E-state index contributed by atoms with van der Waals surface area (Å²) in [5.41, 5.74) is 0. The van der Waals surface area contributed by atoms with Crippen molar-refractivity contribution in [1.82, 2.24) is 21.3 Å². The molecule has 1 aliphatic heterocycles. The van der Waals surface area contributed by atoms with Crippen LogP contribution in [0.2, 0.25) is 0 Å². The van der Waals surface area contributed by atoms with Gasteiger partial charge in [-0.15, -0.1) is 0 Å². The average Bonchev–Trinajstić information content (AvgIpc) is 2.67. The molecule has 1 rings (SSSR count). The standard InChI is InChI=1S/C20H41N4O5P/c1-4-18(30(27,28)29)23-17(14-15(2)3)20(26)24-16-10-6-9-12-21-11-7-5-8-13-22-19(16)25/h15-18,21,23H,4-14H2,1-3H3,(H,22,25)(H,24,26)(H2,27,28,29)/t16?,17-,18+/m0/s1. The van der Waals surface area contributed by atoms with Crippen molar-refractivity contribution >= 4 is 19.4 Å². The van der Waals surface area contributed by atoms with E-state index in [1.165, 1.54) is 0 Å². The molecule has 0 aliphatic carbocycles. The highest BCUT2D eigenvalue weighted by Gasteiger charge is 2.33. The first-order chi connectivity index (χ1) is 14.1. The van der Waals surface area contributed by atoms with E-state index < -0.39 is 31.4 Å². The van der Waals surface area contributed by atoms with Gasteiger partial charge in [-0.1, -0.05) is 27.2 Å². The quantitative estimate of drug-likeness (QED) is 0.309. The summed E-state index contributed by atoms with van der Waals surface area (Å²) in [6.45, 7) is 8.00. The lowest BCUT2D eigenvalue weighted by Gasteiger charge is -2.28. The summed E-state index contributed by atoms with van der Waals surface area (Å²) in [7, 11) is -4.38. The van der Waals surface area contributed by atoms with Gasteiger partial charge in [0.25, 0.3) is 0 Å². The molecular formula is C20H41N4O5P. The Hall–Kier alpha value is -0.990. The second-order valence-corrected chi connectivity index (χ2v) is 10.3. The van der Waals surface area contributed by atoms with Gasteiger partial charge in [0.15, 0.2) is 0 Å². The summed E-state index contributed by atoms with van der Waals surface area (Å²) in [5.74, 6) is -1.53. The number of carbonyl (C=O) groups is 2. The Bertz CT molecular complexity index is 569. The van der Waals surface area contributed by atoms with E-state index in [0.717, 1.165) is 45.2 Å². The van der Waals surface area contributed by atoms with Crippen LogP contribution < -0.4 is 21.3 Å². The van der Waals surface area contributed by atoms with Gasteiger partial charge in [0.1, 0.15) is 11.8 Å². The molecule has 1 unspecified atom stereocenters. The van der Waals surface area contributed by atoms with Crippen LogP contribution in [-0.4, -0.2) is 59.1 Å². The van der Waals surface area contributed by atoms with Gasteiger partial charge in [-0.2, -0.15) is 0 Å². The molecule has 0 radical (unpaired) electrons. The molecule has 0 aromatic heterocycles. The second kappa shape index (κ2) is 14.1. The van der Waals surface area contributed by atoms with Crippen molar-refractivity contribution in [3.05, 3.63) is 0 Å². The zero-order valence-electron chi connectivity index (χ0n) is 18.7. The lowest BCUT2D eigenvalue weighted by molar-refractivity contribution is -0.130. The molecule has 2 amide bonds. The van der Waals surface area contributed by atoms with Gasteiger partial charge in [-0.3, -0.25) is 19.5 Å². The third kappa shape index (κ3) is 10.9. The monoisotopic (exact) mass is 448 g/mol. The van der Waals surface area contributed by atoms with Crippen LogP contribution in [0.1, 0.15) is 72.1 Å². The first kappa shape index (κ1) is 27.0. The SMILES string of the molecule is CC[C@H](N[C@@H](CC(C)C)C(=O)NC1CCCCNCCCCCNC1=O)P(=O)(O)O. The van der Waals surface area contributed by atoms with Gasteiger partial charge < -0.3 is 25.7 Å². The van der Waals surface area contributed by atoms with Crippen LogP contribution in [0.3, 0.4) is 0 Å². The van der Waals surface area contributed by atoms with Gasteiger partial charge in [-0.25, -0.2) is 0 Å². The fraction of sp³-hybridized carbons (Fsp3) is 0.900. The summed E-state index contributed by atoms with van der Waals surface area (Å²) < 4.78 is 11.7. The van der Waals surface area contributed by atoms with Gasteiger partial charge in [0.05, 0.1) is 6.04 Å². The lowest BCUT2D eigenvalue weighted by atomic mass is 10.0. The largest absolute Gasteiger partial charge is 0.354 e. The van der Waals surface area contributed by atoms with Gasteiger partial charge in [0.2, 0.25) is 11.8 Å². The highest BCUT2D eigenvalue weighted by atomic mass is 31.2. The maximum atomic E-state index is 13.0. The van der Waals surface area contributed by atoms with Crippen molar-refractivity contribution < 1.29 is 23.9 Å². The Morgan fingerprint density at radius 2 is 1.77 bits per heavy atom. The number of amides is 2. The third-order valence-electron chi connectivity index (χ3n) is 5.27. The molecule has 0 saturated carbocycles. The predicted octanol–water partition coefficient (Wildman–Crippen LogP) is 1.45. The number of nitrogens with one attached hydrogen (secondary N) is 4. The van der Waals surface area contributed by atoms with Crippen LogP contribution in [0, 0.1) is 5.92 Å². The summed E-state index contributed by atoms with van der Waals surface area (Å²) >= 11 is 0. The number of hydrogen-bond acceptors (Lipinski definition) is 5. The minimum absolute atomic E-state index is 0.141. The maximum absolute atomic E-state index is 13.0. The third-order valence-corrected chi connectivity index (χ3v) is 6.60. The van der Waals surface area contributed by atoms with E-state index in [4.69, 9.17) is 0 Å². The minimum Gasteiger partial charge on any atom is -0.354 e. The van der Waals surface area contributed by atoms with E-state index in [0.29, 0.717) is 19.4 Å². The van der Waals surface area contributed by atoms with Crippen LogP contribution >= 0.6 is 7.60 Å². The zero-order chi connectivity index (χ0) is 22.6. The van der Waals surface area contributed by atoms with Crippen molar-refractivity contribution in [2.24, 2.45) is 5.92 Å². The lowest BCUT2D eigenvalue weighted by Crippen LogP contribution is -2.54. The van der Waals surface area contributed by atoms with Crippen molar-refractivity contribution in [2.75, 3.05) is 19.6 Å². The molecule has 0 bridgehead atoms. The molecule has 1 saturated heterocycles. The van der Waals surface area contributed by atoms with Crippen molar-refractivity contribution in [3.63, 3.8) is 0 Å². The van der Waals surface area contributed by atoms with Crippen LogP contribution in [0.4, 0.5) is 0 Å². The smallest absolute Gasteiger partial charge is 0.342 e. The minimum atomic E-state index is -4.38. The van der Waals surface area contributed by atoms with E-state index in [1.807, 2.05) is 13.8 Å². The van der Waals surface area contributed by atoms with Crippen LogP contribution in [0.5, 0.6) is 0 Å². The van der Waals surface area contributed by atoms with Crippen LogP contribution in [0.25, 0.3) is 0 Å². The second-order valence-electron chi connectivity index (χ2n) is 8.52. The first-order valence-corrected chi connectivity index (χ1v) is 12.9. The van der Waals surface area contributed by atoms with Gasteiger partial charge in [-0.05, 0) is 64.0 Å². The Labute approximate surface area is 180 Å². The molecule has 0 aromatic carbocycles. The molecule has 176 valence electrons. The summed E-state index contributed by atoms with van der Waals surface area (Å²) in [5, 5.41) is 12.0. The Balaban J connectivity index is 2.84. The number of rotatable bonds is 8. The Kier molecular flexibility index (Phi) is 12.8. The fourth-order valence-corrected chi connectivity index (χ4v) is 4.41. The number of carbonyl (C=O) groups excluding carboxylic acids is 2. The number of hydrogen-bond donors (Lipinski definition) is 6. The molecule has 6 N–H and O–H groups in total. The molecule has 0 aromatic rings. The highest BCUT2D eigenvalue weighted by Crippen LogP contribution is 2.41. The molecule has 1 fully saturated rings. The van der Waals surface area contributed by atoms with Crippen LogP contribution in [-0.2, 0) is 14.2 Å². The van der Waals surface area contributed by atoms with Crippen molar-refractivity contribution in [3.8, 4) is 0 Å². The van der Waals surface area contributed by atoms with Crippen LogP contribution in [0.15, 0.2) is 0 Å². The van der Waals surface area contributed by atoms with E-state index in [1.54, 1.807) is 6.92 Å².